The van der Waals surface area contributed by atoms with Gasteiger partial charge in [-0.2, -0.15) is 0 Å². The molecule has 0 heterocycles. The van der Waals surface area contributed by atoms with Crippen LogP contribution in [0.25, 0.3) is 0 Å². The van der Waals surface area contributed by atoms with Crippen LogP contribution in [0.15, 0.2) is 4.90 Å². The Hall–Kier alpha value is -1.68. The Labute approximate surface area is 152 Å². The first kappa shape index (κ1) is 18.7. The predicted molar refractivity (Wildman–Crippen MR) is 80.5 cm³/mol. The van der Waals surface area contributed by atoms with Gasteiger partial charge in [0.25, 0.3) is 0 Å². The van der Waals surface area contributed by atoms with Crippen molar-refractivity contribution in [1.29, 1.82) is 0 Å². The van der Waals surface area contributed by atoms with E-state index in [1.807, 2.05) is 0 Å². The Balaban J connectivity index is 1.67. The monoisotopic (exact) mass is 407 g/mol. The van der Waals surface area contributed by atoms with Gasteiger partial charge >= 0.3 is 5.97 Å². The van der Waals surface area contributed by atoms with Crippen molar-refractivity contribution < 1.29 is 40.1 Å². The first-order valence-corrected chi connectivity index (χ1v) is 10.0. The molecule has 5 nitrogen and oxygen atoms in total. The van der Waals surface area contributed by atoms with E-state index in [0.29, 0.717) is 11.8 Å². The number of carbonyl (C=O) groups excluding carboxylic acids is 1. The summed E-state index contributed by atoms with van der Waals surface area (Å²) in [6.07, 6.45) is 3.83. The van der Waals surface area contributed by atoms with Crippen molar-refractivity contribution in [3.05, 3.63) is 28.8 Å². The smallest absolute Gasteiger partial charge is 0.344 e. The van der Waals surface area contributed by atoms with Gasteiger partial charge in [0.2, 0.25) is 0 Å². The SMILES string of the molecule is O=C(OC1C2CC3CC(C2)CC1C3)c1c(F)c(F)c(S(=O)(=O)[O-])c(F)c1F. The van der Waals surface area contributed by atoms with Crippen LogP contribution in [-0.4, -0.2) is 25.0 Å². The van der Waals surface area contributed by atoms with Crippen molar-refractivity contribution in [1.82, 2.24) is 0 Å². The Morgan fingerprint density at radius 2 is 1.30 bits per heavy atom. The molecule has 0 aromatic heterocycles. The number of hydrogen-bond acceptors (Lipinski definition) is 5. The van der Waals surface area contributed by atoms with Crippen molar-refractivity contribution in [3.8, 4) is 0 Å². The standard InChI is InChI=1S/C17H16F4O5S/c18-11-10(12(19)14(21)16(13(11)20)27(23,24)25)17(22)26-15-8-2-6-1-7(4-8)5-9(15)3-6/h6-9,15H,1-5H2,(H,23,24,25)/p-1. The van der Waals surface area contributed by atoms with E-state index in [0.717, 1.165) is 32.1 Å². The summed E-state index contributed by atoms with van der Waals surface area (Å²) in [6, 6.07) is 0. The van der Waals surface area contributed by atoms with Gasteiger partial charge in [-0.25, -0.2) is 30.8 Å². The molecular weight excluding hydrogens is 392 g/mol. The van der Waals surface area contributed by atoms with E-state index >= 15 is 0 Å². The Morgan fingerprint density at radius 1 is 0.852 bits per heavy atom. The molecule has 4 aliphatic rings. The number of hydrogen-bond donors (Lipinski definition) is 0. The highest BCUT2D eigenvalue weighted by atomic mass is 32.2. The fourth-order valence-electron chi connectivity index (χ4n) is 5.26. The minimum atomic E-state index is -5.82. The molecule has 0 unspecified atom stereocenters. The largest absolute Gasteiger partial charge is 0.744 e. The van der Waals surface area contributed by atoms with Gasteiger partial charge in [-0.15, -0.1) is 0 Å². The number of esters is 1. The molecule has 0 atom stereocenters. The summed E-state index contributed by atoms with van der Waals surface area (Å²) in [6.45, 7) is 0. The van der Waals surface area contributed by atoms with Crippen LogP contribution in [0.2, 0.25) is 0 Å². The van der Waals surface area contributed by atoms with Gasteiger partial charge in [-0.05, 0) is 55.8 Å². The molecule has 27 heavy (non-hydrogen) atoms. The van der Waals surface area contributed by atoms with Crippen LogP contribution < -0.4 is 0 Å². The third kappa shape index (κ3) is 2.93. The highest BCUT2D eigenvalue weighted by molar-refractivity contribution is 7.85. The molecule has 4 saturated carbocycles. The maximum Gasteiger partial charge on any atom is 0.344 e. The lowest BCUT2D eigenvalue weighted by Gasteiger charge is -2.53. The molecule has 5 rings (SSSR count). The summed E-state index contributed by atoms with van der Waals surface area (Å²) in [5, 5.41) is 0. The zero-order valence-electron chi connectivity index (χ0n) is 13.9. The van der Waals surface area contributed by atoms with Gasteiger partial charge in [0, 0.05) is 0 Å². The van der Waals surface area contributed by atoms with Gasteiger partial charge in [-0.1, -0.05) is 0 Å². The topological polar surface area (TPSA) is 83.5 Å². The van der Waals surface area contributed by atoms with Gasteiger partial charge in [0.1, 0.15) is 26.7 Å². The van der Waals surface area contributed by atoms with E-state index in [-0.39, 0.29) is 11.8 Å². The maximum atomic E-state index is 14.1. The highest BCUT2D eigenvalue weighted by Gasteiger charge is 2.50. The quantitative estimate of drug-likeness (QED) is 0.333. The molecular formula is C17H15F4O5S-. The average molecular weight is 407 g/mol. The van der Waals surface area contributed by atoms with E-state index in [2.05, 4.69) is 0 Å². The minimum Gasteiger partial charge on any atom is -0.744 e. The van der Waals surface area contributed by atoms with Gasteiger partial charge in [0.15, 0.2) is 23.3 Å². The molecule has 148 valence electrons. The van der Waals surface area contributed by atoms with Gasteiger partial charge in [0.05, 0.1) is 0 Å². The second-order valence-corrected chi connectivity index (χ2v) is 9.03. The van der Waals surface area contributed by atoms with Crippen LogP contribution >= 0.6 is 0 Å². The van der Waals surface area contributed by atoms with Gasteiger partial charge in [-0.3, -0.25) is 0 Å². The summed E-state index contributed by atoms with van der Waals surface area (Å²) < 4.78 is 93.7. The summed E-state index contributed by atoms with van der Waals surface area (Å²) >= 11 is 0. The van der Waals surface area contributed by atoms with Crippen LogP contribution in [0, 0.1) is 46.9 Å². The van der Waals surface area contributed by atoms with Crippen molar-refractivity contribution >= 4 is 16.1 Å². The maximum absolute atomic E-state index is 14.1. The molecule has 4 aliphatic carbocycles. The molecule has 4 bridgehead atoms. The Kier molecular flexibility index (Phi) is 4.26. The lowest BCUT2D eigenvalue weighted by Crippen LogP contribution is -2.50. The van der Waals surface area contributed by atoms with E-state index in [1.54, 1.807) is 0 Å². The van der Waals surface area contributed by atoms with Crippen LogP contribution in [-0.2, 0) is 14.9 Å². The highest BCUT2D eigenvalue weighted by Crippen LogP contribution is 2.54. The Morgan fingerprint density at radius 3 is 1.70 bits per heavy atom. The molecule has 4 fully saturated rings. The van der Waals surface area contributed by atoms with Crippen molar-refractivity contribution in [2.75, 3.05) is 0 Å². The molecule has 10 heteroatoms. The fourth-order valence-corrected chi connectivity index (χ4v) is 5.88. The first-order valence-electron chi connectivity index (χ1n) is 8.60. The second kappa shape index (κ2) is 6.16. The number of halogens is 4. The van der Waals surface area contributed by atoms with Crippen molar-refractivity contribution in [2.24, 2.45) is 23.7 Å². The van der Waals surface area contributed by atoms with Crippen molar-refractivity contribution in [3.63, 3.8) is 0 Å². The minimum absolute atomic E-state index is 0.0345. The zero-order chi connectivity index (χ0) is 19.7. The van der Waals surface area contributed by atoms with Crippen LogP contribution in [0.3, 0.4) is 0 Å². The molecule has 0 radical (unpaired) electrons. The lowest BCUT2D eigenvalue weighted by atomic mass is 9.55. The molecule has 0 saturated heterocycles. The summed E-state index contributed by atoms with van der Waals surface area (Å²) in [5.41, 5.74) is -1.66. The fraction of sp³-hybridized carbons (Fsp3) is 0.588. The third-order valence-electron chi connectivity index (χ3n) is 6.06. The Bertz CT molecular complexity index is 873. The summed E-state index contributed by atoms with van der Waals surface area (Å²) in [7, 11) is -5.82. The molecule has 0 spiro atoms. The van der Waals surface area contributed by atoms with Crippen molar-refractivity contribution in [2.45, 2.75) is 43.1 Å². The van der Waals surface area contributed by atoms with E-state index in [1.165, 1.54) is 0 Å². The first-order chi connectivity index (χ1) is 12.6. The molecule has 0 amide bonds. The normalized spacial score (nSPS) is 32.0. The predicted octanol–water partition coefficient (Wildman–Crippen LogP) is 3.13. The molecule has 0 N–H and O–H groups in total. The van der Waals surface area contributed by atoms with Gasteiger partial charge < -0.3 is 9.29 Å². The third-order valence-corrected chi connectivity index (χ3v) is 6.92. The average Bonchev–Trinajstić information content (AvgIpc) is 2.55. The number of ether oxygens (including phenoxy) is 1. The molecule has 1 aromatic carbocycles. The number of carbonyl (C=O) groups is 1. The number of benzene rings is 1. The van der Waals surface area contributed by atoms with E-state index in [4.69, 9.17) is 4.74 Å². The summed E-state index contributed by atoms with van der Waals surface area (Å²) in [4.78, 5) is 9.99. The lowest BCUT2D eigenvalue weighted by molar-refractivity contribution is -0.101. The molecule has 1 aromatic rings. The van der Waals surface area contributed by atoms with Crippen LogP contribution in [0.4, 0.5) is 17.6 Å². The molecule has 0 aliphatic heterocycles. The van der Waals surface area contributed by atoms with E-state index < -0.39 is 55.9 Å². The summed E-state index contributed by atoms with van der Waals surface area (Å²) in [5.74, 6) is -9.83. The second-order valence-electron chi connectivity index (χ2n) is 7.71. The zero-order valence-corrected chi connectivity index (χ0v) is 14.7. The van der Waals surface area contributed by atoms with E-state index in [9.17, 15) is 35.3 Å². The van der Waals surface area contributed by atoms with Crippen LogP contribution in [0.1, 0.15) is 42.5 Å². The number of rotatable bonds is 3. The van der Waals surface area contributed by atoms with Crippen LogP contribution in [0.5, 0.6) is 0 Å².